The van der Waals surface area contributed by atoms with Crippen molar-refractivity contribution in [3.05, 3.63) is 24.4 Å². The van der Waals surface area contributed by atoms with Gasteiger partial charge < -0.3 is 4.74 Å². The number of hydrogen-bond donors (Lipinski definition) is 0. The molecule has 2 aliphatic rings. The zero-order valence-corrected chi connectivity index (χ0v) is 9.67. The maximum absolute atomic E-state index is 5.76. The minimum atomic E-state index is 0.598. The molecule has 0 aromatic carbocycles. The number of hydrogen-bond acceptors (Lipinski definition) is 3. The minimum absolute atomic E-state index is 0.598. The number of nitrogens with zero attached hydrogens (tertiary/aromatic N) is 2. The standard InChI is InChI=1S/C13H18N2O/c1-15-11-6-5-10(8-11)12(15)9-16-13-4-2-3-7-14-13/h2-4,7,10-12H,5-6,8-9H2,1H3/t10-,11+,12-/m0/s1. The molecule has 0 N–H and O–H groups in total. The molecule has 2 bridgehead atoms. The first-order valence-electron chi connectivity index (χ1n) is 6.10. The average molecular weight is 218 g/mol. The lowest BCUT2D eigenvalue weighted by molar-refractivity contribution is 0.116. The summed E-state index contributed by atoms with van der Waals surface area (Å²) in [6, 6.07) is 7.21. The molecule has 0 amide bonds. The molecule has 3 heteroatoms. The van der Waals surface area contributed by atoms with Crippen LogP contribution in [0.15, 0.2) is 24.4 Å². The number of ether oxygens (including phenoxy) is 1. The zero-order valence-electron chi connectivity index (χ0n) is 9.67. The summed E-state index contributed by atoms with van der Waals surface area (Å²) in [5.41, 5.74) is 0. The molecule has 86 valence electrons. The first-order valence-corrected chi connectivity index (χ1v) is 6.10. The first kappa shape index (κ1) is 10.1. The maximum Gasteiger partial charge on any atom is 0.213 e. The fourth-order valence-corrected chi connectivity index (χ4v) is 3.17. The molecule has 0 unspecified atom stereocenters. The highest BCUT2D eigenvalue weighted by molar-refractivity contribution is 5.09. The van der Waals surface area contributed by atoms with Crippen molar-refractivity contribution < 1.29 is 4.74 Å². The summed E-state index contributed by atoms with van der Waals surface area (Å²) in [6.07, 6.45) is 5.90. The number of pyridine rings is 1. The number of likely N-dealkylation sites (tertiary alicyclic amines) is 1. The Morgan fingerprint density at radius 2 is 2.38 bits per heavy atom. The molecular weight excluding hydrogens is 200 g/mol. The molecule has 3 atom stereocenters. The highest BCUT2D eigenvalue weighted by atomic mass is 16.5. The first-order chi connectivity index (χ1) is 7.84. The summed E-state index contributed by atoms with van der Waals surface area (Å²) in [4.78, 5) is 6.68. The van der Waals surface area contributed by atoms with Gasteiger partial charge in [-0.25, -0.2) is 4.98 Å². The van der Waals surface area contributed by atoms with Gasteiger partial charge in [-0.05, 0) is 38.3 Å². The van der Waals surface area contributed by atoms with E-state index in [4.69, 9.17) is 4.74 Å². The molecule has 2 heterocycles. The largest absolute Gasteiger partial charge is 0.476 e. The van der Waals surface area contributed by atoms with Gasteiger partial charge in [0.15, 0.2) is 0 Å². The second-order valence-corrected chi connectivity index (χ2v) is 4.94. The van der Waals surface area contributed by atoms with Crippen LogP contribution in [-0.4, -0.2) is 35.6 Å². The predicted molar refractivity (Wildman–Crippen MR) is 62.4 cm³/mol. The third-order valence-corrected chi connectivity index (χ3v) is 4.13. The monoisotopic (exact) mass is 218 g/mol. The molecule has 1 saturated heterocycles. The molecule has 3 rings (SSSR count). The topological polar surface area (TPSA) is 25.4 Å². The Labute approximate surface area is 96.4 Å². The second kappa shape index (κ2) is 4.06. The van der Waals surface area contributed by atoms with Gasteiger partial charge in [-0.3, -0.25) is 4.90 Å². The molecule has 1 aromatic heterocycles. The van der Waals surface area contributed by atoms with Gasteiger partial charge in [0.25, 0.3) is 0 Å². The van der Waals surface area contributed by atoms with Crippen molar-refractivity contribution in [3.63, 3.8) is 0 Å². The fraction of sp³-hybridized carbons (Fsp3) is 0.615. The predicted octanol–water partition coefficient (Wildman–Crippen LogP) is 1.94. The smallest absolute Gasteiger partial charge is 0.213 e. The van der Waals surface area contributed by atoms with Crippen molar-refractivity contribution >= 4 is 0 Å². The number of fused-ring (bicyclic) bond motifs is 2. The molecule has 2 fully saturated rings. The SMILES string of the molecule is CN1[C@@H]2CC[C@@H](C2)[C@@H]1COc1ccccn1. The van der Waals surface area contributed by atoms with Crippen molar-refractivity contribution in [1.82, 2.24) is 9.88 Å². The molecular formula is C13H18N2O. The van der Waals surface area contributed by atoms with Gasteiger partial charge in [-0.15, -0.1) is 0 Å². The van der Waals surface area contributed by atoms with Gasteiger partial charge >= 0.3 is 0 Å². The lowest BCUT2D eigenvalue weighted by atomic mass is 10.00. The summed E-state index contributed by atoms with van der Waals surface area (Å²) in [5.74, 6) is 1.59. The third kappa shape index (κ3) is 1.69. The van der Waals surface area contributed by atoms with E-state index in [0.29, 0.717) is 6.04 Å². The van der Waals surface area contributed by atoms with Crippen LogP contribution in [0.1, 0.15) is 19.3 Å². The number of likely N-dealkylation sites (N-methyl/N-ethyl adjacent to an activating group) is 1. The van der Waals surface area contributed by atoms with Crippen molar-refractivity contribution in [3.8, 4) is 5.88 Å². The Balaban J connectivity index is 1.60. The highest BCUT2D eigenvalue weighted by Gasteiger charge is 2.43. The Kier molecular flexibility index (Phi) is 2.56. The Morgan fingerprint density at radius 1 is 1.44 bits per heavy atom. The third-order valence-electron chi connectivity index (χ3n) is 4.13. The van der Waals surface area contributed by atoms with E-state index in [9.17, 15) is 0 Å². The van der Waals surface area contributed by atoms with E-state index in [-0.39, 0.29) is 0 Å². The zero-order chi connectivity index (χ0) is 11.0. The van der Waals surface area contributed by atoms with E-state index in [1.54, 1.807) is 6.20 Å². The van der Waals surface area contributed by atoms with E-state index in [1.165, 1.54) is 19.3 Å². The molecule has 1 aromatic rings. The summed E-state index contributed by atoms with van der Waals surface area (Å²) in [5, 5.41) is 0. The van der Waals surface area contributed by atoms with E-state index >= 15 is 0 Å². The van der Waals surface area contributed by atoms with Crippen LogP contribution in [0.3, 0.4) is 0 Å². The lowest BCUT2D eigenvalue weighted by Gasteiger charge is -2.31. The molecule has 0 radical (unpaired) electrons. The average Bonchev–Trinajstić information content (AvgIpc) is 2.89. The van der Waals surface area contributed by atoms with Gasteiger partial charge in [-0.1, -0.05) is 6.07 Å². The molecule has 1 aliphatic heterocycles. The van der Waals surface area contributed by atoms with Crippen molar-refractivity contribution in [2.75, 3.05) is 13.7 Å². The Morgan fingerprint density at radius 3 is 3.06 bits per heavy atom. The van der Waals surface area contributed by atoms with Gasteiger partial charge in [0.2, 0.25) is 5.88 Å². The van der Waals surface area contributed by atoms with E-state index in [0.717, 1.165) is 24.4 Å². The van der Waals surface area contributed by atoms with Crippen LogP contribution in [0, 0.1) is 5.92 Å². The van der Waals surface area contributed by atoms with E-state index in [1.807, 2.05) is 18.2 Å². The number of aromatic nitrogens is 1. The minimum Gasteiger partial charge on any atom is -0.476 e. The van der Waals surface area contributed by atoms with Gasteiger partial charge in [0.05, 0.1) is 0 Å². The van der Waals surface area contributed by atoms with Crippen LogP contribution in [0.25, 0.3) is 0 Å². The molecule has 1 saturated carbocycles. The molecule has 0 spiro atoms. The molecule has 1 aliphatic carbocycles. The van der Waals surface area contributed by atoms with Gasteiger partial charge in [-0.2, -0.15) is 0 Å². The summed E-state index contributed by atoms with van der Waals surface area (Å²) < 4.78 is 5.76. The van der Waals surface area contributed by atoms with Crippen LogP contribution in [-0.2, 0) is 0 Å². The summed E-state index contributed by atoms with van der Waals surface area (Å²) >= 11 is 0. The van der Waals surface area contributed by atoms with Gasteiger partial charge in [0.1, 0.15) is 6.61 Å². The fourth-order valence-electron chi connectivity index (χ4n) is 3.17. The maximum atomic E-state index is 5.76. The quantitative estimate of drug-likeness (QED) is 0.775. The number of piperidine rings is 1. The van der Waals surface area contributed by atoms with Crippen molar-refractivity contribution in [2.24, 2.45) is 5.92 Å². The van der Waals surface area contributed by atoms with Crippen molar-refractivity contribution in [1.29, 1.82) is 0 Å². The Bertz CT molecular complexity index is 352. The van der Waals surface area contributed by atoms with Crippen LogP contribution in [0.2, 0.25) is 0 Å². The van der Waals surface area contributed by atoms with Crippen LogP contribution in [0.4, 0.5) is 0 Å². The molecule has 16 heavy (non-hydrogen) atoms. The normalized spacial score (nSPS) is 33.2. The highest BCUT2D eigenvalue weighted by Crippen LogP contribution is 2.41. The van der Waals surface area contributed by atoms with Crippen LogP contribution >= 0.6 is 0 Å². The lowest BCUT2D eigenvalue weighted by Crippen LogP contribution is -2.41. The van der Waals surface area contributed by atoms with Gasteiger partial charge in [0, 0.05) is 24.3 Å². The van der Waals surface area contributed by atoms with Crippen molar-refractivity contribution in [2.45, 2.75) is 31.3 Å². The van der Waals surface area contributed by atoms with Crippen LogP contribution < -0.4 is 4.74 Å². The summed E-state index contributed by atoms with van der Waals surface area (Å²) in [7, 11) is 2.23. The van der Waals surface area contributed by atoms with E-state index in [2.05, 4.69) is 16.9 Å². The Hall–Kier alpha value is -1.09. The summed E-state index contributed by atoms with van der Waals surface area (Å²) in [6.45, 7) is 0.786. The molecule has 3 nitrogen and oxygen atoms in total. The van der Waals surface area contributed by atoms with Crippen LogP contribution in [0.5, 0.6) is 5.88 Å². The number of rotatable bonds is 3. The van der Waals surface area contributed by atoms with E-state index < -0.39 is 0 Å². The second-order valence-electron chi connectivity index (χ2n) is 4.94.